The predicted molar refractivity (Wildman–Crippen MR) is 153 cm³/mol. The molecule has 7 nitrogen and oxygen atoms in total. The fraction of sp³-hybridized carbons (Fsp3) is 0.290. The number of fused-ring (bicyclic) bond motifs is 1. The molecular formula is C31H33ClN4O3. The van der Waals surface area contributed by atoms with Gasteiger partial charge >= 0.3 is 0 Å². The van der Waals surface area contributed by atoms with Crippen LogP contribution in [0, 0.1) is 0 Å². The molecule has 39 heavy (non-hydrogen) atoms. The molecule has 5 rings (SSSR count). The van der Waals surface area contributed by atoms with Gasteiger partial charge in [-0.3, -0.25) is 9.69 Å². The number of unbranched alkanes of at least 4 members (excludes halogenated alkanes) is 1. The number of carbonyl (C=O) groups is 1. The van der Waals surface area contributed by atoms with Crippen molar-refractivity contribution in [2.45, 2.75) is 45.9 Å². The van der Waals surface area contributed by atoms with Crippen LogP contribution in [0.15, 0.2) is 72.8 Å². The van der Waals surface area contributed by atoms with Crippen molar-refractivity contribution in [3.63, 3.8) is 0 Å². The number of rotatable bonds is 11. The summed E-state index contributed by atoms with van der Waals surface area (Å²) in [7, 11) is 0. The third-order valence-corrected chi connectivity index (χ3v) is 7.10. The molecule has 4 aromatic rings. The van der Waals surface area contributed by atoms with Gasteiger partial charge in [-0.15, -0.1) is 0 Å². The molecule has 0 aliphatic carbocycles. The molecule has 1 aliphatic rings. The monoisotopic (exact) mass is 544 g/mol. The standard InChI is InChI=1S/C31H33ClN4O3/c1-2-3-14-36-26(29(32)34-31(36)24-9-5-4-6-10-24)21-35(19-22-8-7-11-25(17-22)30(33)37)20-23-12-13-27-28(18-23)39-16-15-38-27/h4-13,17-18H,2-3,14-16,19-21H2,1H3,(H2,33,37). The van der Waals surface area contributed by atoms with Crippen molar-refractivity contribution in [1.82, 2.24) is 14.5 Å². The highest BCUT2D eigenvalue weighted by Crippen LogP contribution is 2.32. The topological polar surface area (TPSA) is 82.6 Å². The Morgan fingerprint density at radius 2 is 1.69 bits per heavy atom. The molecule has 0 fully saturated rings. The van der Waals surface area contributed by atoms with Crippen LogP contribution in [0.3, 0.4) is 0 Å². The van der Waals surface area contributed by atoms with Gasteiger partial charge < -0.3 is 19.8 Å². The van der Waals surface area contributed by atoms with Crippen LogP contribution in [0.5, 0.6) is 11.5 Å². The van der Waals surface area contributed by atoms with E-state index in [9.17, 15) is 4.79 Å². The molecular weight excluding hydrogens is 512 g/mol. The van der Waals surface area contributed by atoms with Gasteiger partial charge in [0, 0.05) is 37.3 Å². The normalized spacial score (nSPS) is 12.6. The van der Waals surface area contributed by atoms with Crippen LogP contribution in [-0.4, -0.2) is 33.6 Å². The SMILES string of the molecule is CCCCn1c(-c2ccccc2)nc(Cl)c1CN(Cc1cccc(C(N)=O)c1)Cc1ccc2c(c1)OCCO2. The first-order valence-electron chi connectivity index (χ1n) is 13.3. The summed E-state index contributed by atoms with van der Waals surface area (Å²) in [4.78, 5) is 18.9. The number of amides is 1. The molecule has 0 saturated carbocycles. The van der Waals surface area contributed by atoms with Crippen molar-refractivity contribution in [3.05, 3.63) is 100 Å². The average molecular weight is 545 g/mol. The van der Waals surface area contributed by atoms with Crippen molar-refractivity contribution in [1.29, 1.82) is 0 Å². The zero-order valence-corrected chi connectivity index (χ0v) is 22.9. The predicted octanol–water partition coefficient (Wildman–Crippen LogP) is 6.08. The van der Waals surface area contributed by atoms with Gasteiger partial charge in [0.1, 0.15) is 19.0 Å². The van der Waals surface area contributed by atoms with Crippen molar-refractivity contribution >= 4 is 17.5 Å². The molecule has 202 valence electrons. The van der Waals surface area contributed by atoms with Crippen LogP contribution in [0.1, 0.15) is 46.9 Å². The smallest absolute Gasteiger partial charge is 0.248 e. The third kappa shape index (κ3) is 6.44. The molecule has 1 aliphatic heterocycles. The lowest BCUT2D eigenvalue weighted by molar-refractivity contribution is 0.1000. The summed E-state index contributed by atoms with van der Waals surface area (Å²) >= 11 is 6.83. The minimum atomic E-state index is -0.441. The van der Waals surface area contributed by atoms with E-state index in [2.05, 4.69) is 34.6 Å². The van der Waals surface area contributed by atoms with E-state index in [1.165, 1.54) is 0 Å². The summed E-state index contributed by atoms with van der Waals surface area (Å²) in [6.45, 7) is 5.88. The lowest BCUT2D eigenvalue weighted by atomic mass is 10.1. The second-order valence-corrected chi connectivity index (χ2v) is 10.1. The molecule has 3 aromatic carbocycles. The number of primary amides is 1. The number of aromatic nitrogens is 2. The van der Waals surface area contributed by atoms with Gasteiger partial charge in [-0.05, 0) is 41.8 Å². The molecule has 0 saturated heterocycles. The lowest BCUT2D eigenvalue weighted by Crippen LogP contribution is -2.25. The Labute approximate surface area is 234 Å². The fourth-order valence-electron chi connectivity index (χ4n) is 4.88. The second-order valence-electron chi connectivity index (χ2n) is 9.73. The van der Waals surface area contributed by atoms with Gasteiger partial charge in [-0.2, -0.15) is 0 Å². The second kappa shape index (κ2) is 12.4. The zero-order chi connectivity index (χ0) is 27.2. The minimum Gasteiger partial charge on any atom is -0.486 e. The molecule has 2 heterocycles. The Hall–Kier alpha value is -3.81. The Morgan fingerprint density at radius 1 is 0.949 bits per heavy atom. The van der Waals surface area contributed by atoms with Crippen LogP contribution in [-0.2, 0) is 26.2 Å². The minimum absolute atomic E-state index is 0.441. The summed E-state index contributed by atoms with van der Waals surface area (Å²) in [6.07, 6.45) is 2.08. The lowest BCUT2D eigenvalue weighted by Gasteiger charge is -2.25. The van der Waals surface area contributed by atoms with Gasteiger partial charge in [-0.25, -0.2) is 4.98 Å². The number of nitrogens with two attached hydrogens (primary N) is 1. The summed E-state index contributed by atoms with van der Waals surface area (Å²) in [5.74, 6) is 1.95. The van der Waals surface area contributed by atoms with Crippen LogP contribution >= 0.6 is 11.6 Å². The van der Waals surface area contributed by atoms with E-state index < -0.39 is 5.91 Å². The quantitative estimate of drug-likeness (QED) is 0.247. The number of ether oxygens (including phenoxy) is 2. The Kier molecular flexibility index (Phi) is 8.49. The highest BCUT2D eigenvalue weighted by molar-refractivity contribution is 6.30. The number of carbonyl (C=O) groups excluding carboxylic acids is 1. The van der Waals surface area contributed by atoms with E-state index >= 15 is 0 Å². The summed E-state index contributed by atoms with van der Waals surface area (Å²) in [6, 6.07) is 23.7. The summed E-state index contributed by atoms with van der Waals surface area (Å²) in [5, 5.41) is 0.503. The van der Waals surface area contributed by atoms with E-state index in [-0.39, 0.29) is 0 Å². The first-order valence-corrected chi connectivity index (χ1v) is 13.7. The molecule has 0 radical (unpaired) electrons. The number of hydrogen-bond acceptors (Lipinski definition) is 5. The molecule has 1 aromatic heterocycles. The van der Waals surface area contributed by atoms with Crippen LogP contribution in [0.2, 0.25) is 5.15 Å². The van der Waals surface area contributed by atoms with Gasteiger partial charge in [0.2, 0.25) is 5.91 Å². The zero-order valence-electron chi connectivity index (χ0n) is 22.1. The van der Waals surface area contributed by atoms with E-state index in [1.54, 1.807) is 6.07 Å². The van der Waals surface area contributed by atoms with Gasteiger partial charge in [-0.1, -0.05) is 73.5 Å². The van der Waals surface area contributed by atoms with Crippen LogP contribution in [0.25, 0.3) is 11.4 Å². The number of imidazole rings is 1. The first kappa shape index (κ1) is 26.8. The molecule has 0 unspecified atom stereocenters. The van der Waals surface area contributed by atoms with E-state index in [4.69, 9.17) is 31.8 Å². The maximum absolute atomic E-state index is 11.8. The fourth-order valence-corrected chi connectivity index (χ4v) is 5.12. The Morgan fingerprint density at radius 3 is 2.44 bits per heavy atom. The van der Waals surface area contributed by atoms with E-state index in [1.807, 2.05) is 48.5 Å². The number of hydrogen-bond donors (Lipinski definition) is 1. The van der Waals surface area contributed by atoms with Crippen LogP contribution in [0.4, 0.5) is 0 Å². The van der Waals surface area contributed by atoms with Crippen molar-refractivity contribution < 1.29 is 14.3 Å². The Bertz CT molecular complexity index is 1440. The van der Waals surface area contributed by atoms with Crippen molar-refractivity contribution in [2.24, 2.45) is 5.73 Å². The average Bonchev–Trinajstić information content (AvgIpc) is 3.26. The number of benzene rings is 3. The largest absolute Gasteiger partial charge is 0.486 e. The van der Waals surface area contributed by atoms with Crippen LogP contribution < -0.4 is 15.2 Å². The maximum atomic E-state index is 11.8. The van der Waals surface area contributed by atoms with Gasteiger partial charge in [0.15, 0.2) is 16.7 Å². The van der Waals surface area contributed by atoms with Gasteiger partial charge in [0.25, 0.3) is 0 Å². The molecule has 1 amide bonds. The molecule has 0 bridgehead atoms. The van der Waals surface area contributed by atoms with E-state index in [0.717, 1.165) is 59.1 Å². The Balaban J connectivity index is 1.50. The highest BCUT2D eigenvalue weighted by Gasteiger charge is 2.21. The van der Waals surface area contributed by atoms with Crippen molar-refractivity contribution in [2.75, 3.05) is 13.2 Å². The first-order chi connectivity index (χ1) is 19.0. The molecule has 0 spiro atoms. The molecule has 8 heteroatoms. The molecule has 2 N–H and O–H groups in total. The highest BCUT2D eigenvalue weighted by atomic mass is 35.5. The summed E-state index contributed by atoms with van der Waals surface area (Å²) < 4.78 is 13.8. The van der Waals surface area contributed by atoms with Crippen molar-refractivity contribution in [3.8, 4) is 22.9 Å². The third-order valence-electron chi connectivity index (χ3n) is 6.79. The van der Waals surface area contributed by atoms with Gasteiger partial charge in [0.05, 0.1) is 5.69 Å². The summed E-state index contributed by atoms with van der Waals surface area (Å²) in [5.41, 5.74) is 10.1. The maximum Gasteiger partial charge on any atom is 0.248 e. The molecule has 0 atom stereocenters. The van der Waals surface area contributed by atoms with E-state index in [0.29, 0.717) is 43.6 Å². The number of nitrogens with zero attached hydrogens (tertiary/aromatic N) is 3. The number of halogens is 1.